The van der Waals surface area contributed by atoms with Crippen LogP contribution in [0.5, 0.6) is 0 Å². The summed E-state index contributed by atoms with van der Waals surface area (Å²) in [6.45, 7) is 0.609. The van der Waals surface area contributed by atoms with Crippen LogP contribution in [-0.4, -0.2) is 24.0 Å². The zero-order chi connectivity index (χ0) is 13.8. The number of carbonyl (C=O) groups is 1. The molecule has 0 unspecified atom stereocenters. The fourth-order valence-electron chi connectivity index (χ4n) is 1.54. The number of thiazole rings is 1. The lowest BCUT2D eigenvalue weighted by atomic mass is 10.1. The Balaban J connectivity index is 2.36. The van der Waals surface area contributed by atoms with Crippen molar-refractivity contribution in [3.8, 4) is 10.4 Å². The van der Waals surface area contributed by atoms with Crippen molar-refractivity contribution in [1.29, 1.82) is 0 Å². The molecular formula is C12H11F2N3OS. The first-order valence-corrected chi connectivity index (χ1v) is 6.38. The van der Waals surface area contributed by atoms with Gasteiger partial charge in [0.1, 0.15) is 17.3 Å². The van der Waals surface area contributed by atoms with E-state index in [0.717, 1.165) is 23.5 Å². The van der Waals surface area contributed by atoms with Crippen molar-refractivity contribution in [2.75, 3.05) is 13.1 Å². The molecule has 0 aliphatic rings. The highest BCUT2D eigenvalue weighted by molar-refractivity contribution is 7.13. The Labute approximate surface area is 112 Å². The normalized spacial score (nSPS) is 10.5. The fourth-order valence-corrected chi connectivity index (χ4v) is 2.36. The molecule has 19 heavy (non-hydrogen) atoms. The summed E-state index contributed by atoms with van der Waals surface area (Å²) in [4.78, 5) is 16.1. The van der Waals surface area contributed by atoms with Gasteiger partial charge >= 0.3 is 0 Å². The number of aromatic nitrogens is 1. The van der Waals surface area contributed by atoms with Crippen LogP contribution < -0.4 is 11.1 Å². The van der Waals surface area contributed by atoms with Crippen molar-refractivity contribution in [2.24, 2.45) is 5.73 Å². The van der Waals surface area contributed by atoms with Gasteiger partial charge in [0, 0.05) is 24.7 Å². The molecule has 2 aromatic rings. The number of rotatable bonds is 4. The summed E-state index contributed by atoms with van der Waals surface area (Å²) in [5.74, 6) is -1.82. The Morgan fingerprint density at radius 2 is 2.21 bits per heavy atom. The minimum absolute atomic E-state index is 0.115. The lowest BCUT2D eigenvalue weighted by molar-refractivity contribution is 0.0951. The molecule has 1 amide bonds. The molecule has 1 heterocycles. The summed E-state index contributed by atoms with van der Waals surface area (Å²) < 4.78 is 26.6. The third-order valence-electron chi connectivity index (χ3n) is 2.39. The highest BCUT2D eigenvalue weighted by Crippen LogP contribution is 2.30. The molecule has 0 atom stereocenters. The number of hydrogen-bond donors (Lipinski definition) is 2. The maximum absolute atomic E-state index is 13.7. The van der Waals surface area contributed by atoms with E-state index in [4.69, 9.17) is 5.73 Å². The van der Waals surface area contributed by atoms with E-state index in [0.29, 0.717) is 18.0 Å². The van der Waals surface area contributed by atoms with Crippen LogP contribution in [-0.2, 0) is 0 Å². The third kappa shape index (κ3) is 2.94. The van der Waals surface area contributed by atoms with Crippen LogP contribution in [0.4, 0.5) is 8.78 Å². The summed E-state index contributed by atoms with van der Waals surface area (Å²) in [5, 5.41) is 2.56. The fraction of sp³-hybridized carbons (Fsp3) is 0.167. The van der Waals surface area contributed by atoms with Gasteiger partial charge in [0.25, 0.3) is 5.91 Å². The first-order valence-electron chi connectivity index (χ1n) is 5.50. The molecule has 2 rings (SSSR count). The smallest absolute Gasteiger partial charge is 0.271 e. The number of nitrogens with one attached hydrogen (secondary N) is 1. The van der Waals surface area contributed by atoms with E-state index in [1.165, 1.54) is 11.6 Å². The Morgan fingerprint density at radius 1 is 1.42 bits per heavy atom. The predicted octanol–water partition coefficient (Wildman–Crippen LogP) is 1.78. The van der Waals surface area contributed by atoms with Crippen LogP contribution in [0.2, 0.25) is 0 Å². The molecule has 0 fully saturated rings. The molecule has 100 valence electrons. The SMILES string of the molecule is NCCNC(=O)c1ncsc1-c1ccc(F)cc1F. The van der Waals surface area contributed by atoms with Gasteiger partial charge in [-0.25, -0.2) is 13.8 Å². The molecule has 0 saturated carbocycles. The number of halogens is 2. The Hall–Kier alpha value is -1.86. The van der Waals surface area contributed by atoms with Gasteiger partial charge in [0.05, 0.1) is 10.4 Å². The predicted molar refractivity (Wildman–Crippen MR) is 68.9 cm³/mol. The molecule has 1 aromatic heterocycles. The van der Waals surface area contributed by atoms with Gasteiger partial charge in [-0.15, -0.1) is 11.3 Å². The molecule has 0 saturated heterocycles. The Kier molecular flexibility index (Phi) is 4.18. The van der Waals surface area contributed by atoms with Crippen molar-refractivity contribution in [2.45, 2.75) is 0 Å². The molecule has 0 bridgehead atoms. The van der Waals surface area contributed by atoms with Gasteiger partial charge in [-0.3, -0.25) is 4.79 Å². The second-order valence-electron chi connectivity index (χ2n) is 3.70. The molecular weight excluding hydrogens is 272 g/mol. The van der Waals surface area contributed by atoms with Crippen molar-refractivity contribution in [3.05, 3.63) is 41.0 Å². The highest BCUT2D eigenvalue weighted by Gasteiger charge is 2.18. The quantitative estimate of drug-likeness (QED) is 0.898. The Morgan fingerprint density at radius 3 is 2.89 bits per heavy atom. The van der Waals surface area contributed by atoms with E-state index in [2.05, 4.69) is 10.3 Å². The summed E-state index contributed by atoms with van der Waals surface area (Å²) >= 11 is 1.12. The zero-order valence-electron chi connectivity index (χ0n) is 9.82. The summed E-state index contributed by atoms with van der Waals surface area (Å²) in [6, 6.07) is 3.20. The maximum Gasteiger partial charge on any atom is 0.271 e. The van der Waals surface area contributed by atoms with Crippen molar-refractivity contribution in [1.82, 2.24) is 10.3 Å². The number of carbonyl (C=O) groups excluding carboxylic acids is 1. The van der Waals surface area contributed by atoms with Gasteiger partial charge < -0.3 is 11.1 Å². The van der Waals surface area contributed by atoms with Crippen molar-refractivity contribution < 1.29 is 13.6 Å². The standard InChI is InChI=1S/C12H11F2N3OS/c13-7-1-2-8(9(14)5-7)11-10(17-6-19-11)12(18)16-4-3-15/h1-2,5-6H,3-4,15H2,(H,16,18). The Bertz CT molecular complexity index is 600. The largest absolute Gasteiger partial charge is 0.349 e. The lowest BCUT2D eigenvalue weighted by Gasteiger charge is -2.05. The molecule has 1 aromatic carbocycles. The van der Waals surface area contributed by atoms with Crippen molar-refractivity contribution in [3.63, 3.8) is 0 Å². The lowest BCUT2D eigenvalue weighted by Crippen LogP contribution is -2.29. The van der Waals surface area contributed by atoms with Crippen LogP contribution in [0.25, 0.3) is 10.4 Å². The first kappa shape index (κ1) is 13.6. The van der Waals surface area contributed by atoms with E-state index in [1.54, 1.807) is 0 Å². The van der Waals surface area contributed by atoms with E-state index in [9.17, 15) is 13.6 Å². The number of hydrogen-bond acceptors (Lipinski definition) is 4. The molecule has 3 N–H and O–H groups in total. The van der Waals surface area contributed by atoms with Gasteiger partial charge in [-0.05, 0) is 12.1 Å². The monoisotopic (exact) mass is 283 g/mol. The second kappa shape index (κ2) is 5.85. The number of benzene rings is 1. The van der Waals surface area contributed by atoms with E-state index < -0.39 is 17.5 Å². The maximum atomic E-state index is 13.7. The minimum Gasteiger partial charge on any atom is -0.349 e. The van der Waals surface area contributed by atoms with Gasteiger partial charge in [-0.1, -0.05) is 0 Å². The minimum atomic E-state index is -0.725. The van der Waals surface area contributed by atoms with E-state index in [1.807, 2.05) is 0 Å². The van der Waals surface area contributed by atoms with Crippen molar-refractivity contribution >= 4 is 17.2 Å². The first-order chi connectivity index (χ1) is 9.13. The van der Waals surface area contributed by atoms with Crippen LogP contribution >= 0.6 is 11.3 Å². The van der Waals surface area contributed by atoms with E-state index >= 15 is 0 Å². The summed E-state index contributed by atoms with van der Waals surface area (Å²) in [7, 11) is 0. The molecule has 4 nitrogen and oxygen atoms in total. The van der Waals surface area contributed by atoms with E-state index in [-0.39, 0.29) is 11.3 Å². The summed E-state index contributed by atoms with van der Waals surface area (Å²) in [6.07, 6.45) is 0. The van der Waals surface area contributed by atoms with Crippen LogP contribution in [0, 0.1) is 11.6 Å². The van der Waals surface area contributed by atoms with Gasteiger partial charge in [-0.2, -0.15) is 0 Å². The van der Waals surface area contributed by atoms with Gasteiger partial charge in [0.15, 0.2) is 0 Å². The third-order valence-corrected chi connectivity index (χ3v) is 3.25. The number of amides is 1. The molecule has 7 heteroatoms. The molecule has 0 aliphatic heterocycles. The molecule has 0 spiro atoms. The van der Waals surface area contributed by atoms with Crippen LogP contribution in [0.3, 0.4) is 0 Å². The topological polar surface area (TPSA) is 68.0 Å². The average Bonchev–Trinajstić information content (AvgIpc) is 2.85. The van der Waals surface area contributed by atoms with Crippen LogP contribution in [0.15, 0.2) is 23.7 Å². The molecule has 0 aliphatic carbocycles. The van der Waals surface area contributed by atoms with Gasteiger partial charge in [0.2, 0.25) is 0 Å². The molecule has 0 radical (unpaired) electrons. The summed E-state index contributed by atoms with van der Waals surface area (Å²) in [5.41, 5.74) is 7.00. The number of nitrogens with zero attached hydrogens (tertiary/aromatic N) is 1. The zero-order valence-corrected chi connectivity index (χ0v) is 10.6. The van der Waals surface area contributed by atoms with Crippen LogP contribution in [0.1, 0.15) is 10.5 Å². The number of nitrogens with two attached hydrogens (primary N) is 1. The highest BCUT2D eigenvalue weighted by atomic mass is 32.1. The average molecular weight is 283 g/mol. The second-order valence-corrected chi connectivity index (χ2v) is 4.55.